The normalized spacial score (nSPS) is 12.0. The van der Waals surface area contributed by atoms with Crippen molar-refractivity contribution in [2.24, 2.45) is 11.5 Å². The molecule has 0 heterocycles. The number of amides is 2. The molecule has 42 heavy (non-hydrogen) atoms. The first-order chi connectivity index (χ1) is 20.6. The second kappa shape index (κ2) is 34.5. The van der Waals surface area contributed by atoms with Crippen LogP contribution in [0.4, 0.5) is 0 Å². The summed E-state index contributed by atoms with van der Waals surface area (Å²) in [4.78, 5) is 24.0. The molecule has 0 aliphatic heterocycles. The maximum atomic E-state index is 12.4. The lowest BCUT2D eigenvalue weighted by molar-refractivity contribution is -0.127. The number of carbonyl (C=O) groups excluding carboxylic acids is 2. The molecule has 0 rings (SSSR count). The Labute approximate surface area is 261 Å². The molecule has 0 saturated carbocycles. The quantitative estimate of drug-likeness (QED) is 0.0486. The molecule has 0 aromatic rings. The Morgan fingerprint density at radius 1 is 0.619 bits per heavy atom. The predicted octanol–water partition coefficient (Wildman–Crippen LogP) is 0.924. The van der Waals surface area contributed by atoms with Crippen molar-refractivity contribution in [2.75, 3.05) is 97.2 Å². The van der Waals surface area contributed by atoms with Crippen molar-refractivity contribution in [3.63, 3.8) is 0 Å². The van der Waals surface area contributed by atoms with Gasteiger partial charge in [0.25, 0.3) is 0 Å². The molecular formula is C30H66N8O3S. The Bertz CT molecular complexity index is 593. The third-order valence-electron chi connectivity index (χ3n) is 6.78. The van der Waals surface area contributed by atoms with Crippen molar-refractivity contribution >= 4 is 23.6 Å². The lowest BCUT2D eigenvalue weighted by Gasteiger charge is -2.19. The van der Waals surface area contributed by atoms with E-state index in [0.29, 0.717) is 13.0 Å². The minimum absolute atomic E-state index is 0.0127. The van der Waals surface area contributed by atoms with Gasteiger partial charge in [-0.3, -0.25) is 9.59 Å². The molecule has 11 nitrogen and oxygen atoms in total. The lowest BCUT2D eigenvalue weighted by atomic mass is 10.2. The lowest BCUT2D eigenvalue weighted by Crippen LogP contribution is -2.37. The van der Waals surface area contributed by atoms with Gasteiger partial charge < -0.3 is 48.1 Å². The smallest absolute Gasteiger partial charge is 0.246 e. The number of hydrogen-bond donors (Lipinski definition) is 8. The van der Waals surface area contributed by atoms with Gasteiger partial charge in [0.2, 0.25) is 11.8 Å². The summed E-state index contributed by atoms with van der Waals surface area (Å²) in [7, 11) is 0. The third-order valence-corrected chi connectivity index (χ3v) is 7.39. The summed E-state index contributed by atoms with van der Waals surface area (Å²) in [6.45, 7) is 10.5. The maximum absolute atomic E-state index is 12.4. The standard InChI is InChI=1S/C30H66N8O3S/c1-42-25-13-29(39)37-22-6-2-3-7-23-38-30(40)27-41-28(26-36-21-11-19-34-17-9-5-15-32)12-24-35-20-10-18-33-16-8-4-14-31/h28,33-36H,2-27,31-32H2,1H3,(H,37,39)(H,38,40). The van der Waals surface area contributed by atoms with Gasteiger partial charge in [-0.2, -0.15) is 11.8 Å². The molecule has 1 unspecified atom stereocenters. The number of unbranched alkanes of at least 4 members (excludes halogenated alkanes) is 5. The van der Waals surface area contributed by atoms with E-state index in [9.17, 15) is 9.59 Å². The highest BCUT2D eigenvalue weighted by atomic mass is 32.2. The Balaban J connectivity index is 4.04. The van der Waals surface area contributed by atoms with Crippen LogP contribution < -0.4 is 43.4 Å². The summed E-state index contributed by atoms with van der Waals surface area (Å²) in [5.41, 5.74) is 11.1. The SMILES string of the molecule is CSCCC(=O)NCCCCCCNC(=O)COC(CCNCCCNCCCCN)CNCCCNCCCCN. The van der Waals surface area contributed by atoms with E-state index in [4.69, 9.17) is 16.2 Å². The number of hydrogen-bond acceptors (Lipinski definition) is 10. The van der Waals surface area contributed by atoms with Crippen molar-refractivity contribution in [2.45, 2.75) is 83.2 Å². The van der Waals surface area contributed by atoms with Crippen LogP contribution in [0.3, 0.4) is 0 Å². The Kier molecular flexibility index (Phi) is 33.7. The van der Waals surface area contributed by atoms with Crippen molar-refractivity contribution in [3.8, 4) is 0 Å². The molecule has 0 fully saturated rings. The van der Waals surface area contributed by atoms with Crippen LogP contribution in [-0.2, 0) is 14.3 Å². The number of rotatable bonds is 34. The summed E-state index contributed by atoms with van der Waals surface area (Å²) < 4.78 is 6.01. The average molecular weight is 619 g/mol. The van der Waals surface area contributed by atoms with Gasteiger partial charge in [0.15, 0.2) is 0 Å². The van der Waals surface area contributed by atoms with Crippen molar-refractivity contribution in [1.29, 1.82) is 0 Å². The van der Waals surface area contributed by atoms with Gasteiger partial charge in [0.05, 0.1) is 6.10 Å². The van der Waals surface area contributed by atoms with Crippen LogP contribution in [-0.4, -0.2) is 115 Å². The topological polar surface area (TPSA) is 168 Å². The molecule has 0 spiro atoms. The average Bonchev–Trinajstić information content (AvgIpc) is 2.99. The fraction of sp³-hybridized carbons (Fsp3) is 0.933. The van der Waals surface area contributed by atoms with Gasteiger partial charge in [0.1, 0.15) is 6.61 Å². The number of thioether (sulfide) groups is 1. The van der Waals surface area contributed by atoms with Crippen molar-refractivity contribution in [3.05, 3.63) is 0 Å². The molecule has 0 bridgehead atoms. The first-order valence-corrected chi connectivity index (χ1v) is 17.9. The number of nitrogens with one attached hydrogen (secondary N) is 6. The zero-order valence-corrected chi connectivity index (χ0v) is 27.6. The van der Waals surface area contributed by atoms with E-state index in [1.165, 1.54) is 0 Å². The number of nitrogens with two attached hydrogens (primary N) is 2. The van der Waals surface area contributed by atoms with Crippen LogP contribution >= 0.6 is 11.8 Å². The molecule has 0 aliphatic rings. The Morgan fingerprint density at radius 2 is 1.12 bits per heavy atom. The predicted molar refractivity (Wildman–Crippen MR) is 179 cm³/mol. The molecular weight excluding hydrogens is 552 g/mol. The zero-order chi connectivity index (χ0) is 30.8. The third kappa shape index (κ3) is 31.9. The molecule has 0 aromatic carbocycles. The first kappa shape index (κ1) is 41.0. The highest BCUT2D eigenvalue weighted by Gasteiger charge is 2.11. The monoisotopic (exact) mass is 618 g/mol. The summed E-state index contributed by atoms with van der Waals surface area (Å²) in [6, 6.07) is 0. The second-order valence-electron chi connectivity index (χ2n) is 10.7. The van der Waals surface area contributed by atoms with Crippen LogP contribution in [0.1, 0.15) is 77.0 Å². The molecule has 12 heteroatoms. The summed E-state index contributed by atoms with van der Waals surface area (Å²) in [6.07, 6.45) is 14.0. The Hall–Kier alpha value is -0.990. The van der Waals surface area contributed by atoms with Crippen LogP contribution in [0.15, 0.2) is 0 Å². The molecule has 0 aromatic heterocycles. The molecule has 0 saturated heterocycles. The molecule has 0 aliphatic carbocycles. The van der Waals surface area contributed by atoms with E-state index in [1.807, 2.05) is 6.26 Å². The van der Waals surface area contributed by atoms with E-state index in [0.717, 1.165) is 148 Å². The van der Waals surface area contributed by atoms with E-state index < -0.39 is 0 Å². The van der Waals surface area contributed by atoms with Gasteiger partial charge in [-0.1, -0.05) is 12.8 Å². The first-order valence-electron chi connectivity index (χ1n) is 16.5. The highest BCUT2D eigenvalue weighted by Crippen LogP contribution is 2.00. The van der Waals surface area contributed by atoms with E-state index in [-0.39, 0.29) is 24.5 Å². The minimum atomic E-state index is -0.0589. The van der Waals surface area contributed by atoms with Crippen LogP contribution in [0, 0.1) is 0 Å². The molecule has 2 amide bonds. The van der Waals surface area contributed by atoms with Gasteiger partial charge in [0, 0.05) is 31.8 Å². The molecule has 0 radical (unpaired) electrons. The highest BCUT2D eigenvalue weighted by molar-refractivity contribution is 7.98. The van der Waals surface area contributed by atoms with Crippen LogP contribution in [0.5, 0.6) is 0 Å². The minimum Gasteiger partial charge on any atom is -0.367 e. The van der Waals surface area contributed by atoms with E-state index in [1.54, 1.807) is 11.8 Å². The number of carbonyl (C=O) groups is 2. The fourth-order valence-electron chi connectivity index (χ4n) is 4.20. The summed E-state index contributed by atoms with van der Waals surface area (Å²) in [5.74, 6) is 0.941. The van der Waals surface area contributed by atoms with Crippen LogP contribution in [0.2, 0.25) is 0 Å². The van der Waals surface area contributed by atoms with Gasteiger partial charge in [-0.25, -0.2) is 0 Å². The largest absolute Gasteiger partial charge is 0.367 e. The van der Waals surface area contributed by atoms with Gasteiger partial charge >= 0.3 is 0 Å². The molecule has 10 N–H and O–H groups in total. The Morgan fingerprint density at radius 3 is 1.69 bits per heavy atom. The molecule has 1 atom stereocenters. The van der Waals surface area contributed by atoms with Gasteiger partial charge in [-0.05, 0) is 123 Å². The van der Waals surface area contributed by atoms with E-state index in [2.05, 4.69) is 31.9 Å². The zero-order valence-electron chi connectivity index (χ0n) is 26.7. The molecule has 250 valence electrons. The van der Waals surface area contributed by atoms with Gasteiger partial charge in [-0.15, -0.1) is 0 Å². The van der Waals surface area contributed by atoms with Crippen LogP contribution in [0.25, 0.3) is 0 Å². The fourth-order valence-corrected chi connectivity index (χ4v) is 4.59. The maximum Gasteiger partial charge on any atom is 0.246 e. The summed E-state index contributed by atoms with van der Waals surface area (Å²) in [5, 5.41) is 19.9. The van der Waals surface area contributed by atoms with E-state index >= 15 is 0 Å². The van der Waals surface area contributed by atoms with Crippen molar-refractivity contribution in [1.82, 2.24) is 31.9 Å². The second-order valence-corrected chi connectivity index (χ2v) is 11.7. The summed E-state index contributed by atoms with van der Waals surface area (Å²) >= 11 is 1.69. The van der Waals surface area contributed by atoms with Crippen molar-refractivity contribution < 1.29 is 14.3 Å². The number of ether oxygens (including phenoxy) is 1.